The van der Waals surface area contributed by atoms with Crippen molar-refractivity contribution >= 4 is 5.69 Å². The van der Waals surface area contributed by atoms with Crippen LogP contribution >= 0.6 is 0 Å². The number of nitrogens with zero attached hydrogens (tertiary/aromatic N) is 1. The monoisotopic (exact) mass is 192 g/mol. The summed E-state index contributed by atoms with van der Waals surface area (Å²) in [6.45, 7) is 4.46. The highest BCUT2D eigenvalue weighted by atomic mass is 14.9. The normalized spacial score (nSPS) is 10.5. The number of hydrogen-bond acceptors (Lipinski definition) is 2. The zero-order valence-corrected chi connectivity index (χ0v) is 9.16. The average molecular weight is 192 g/mol. The molecule has 0 aliphatic rings. The van der Waals surface area contributed by atoms with Crippen LogP contribution in [0.3, 0.4) is 0 Å². The van der Waals surface area contributed by atoms with Gasteiger partial charge in [0, 0.05) is 18.4 Å². The van der Waals surface area contributed by atoms with Crippen LogP contribution < -0.4 is 5.32 Å². The van der Waals surface area contributed by atoms with Gasteiger partial charge in [-0.15, -0.1) is 0 Å². The molecule has 1 aromatic rings. The molecule has 0 bridgehead atoms. The molecule has 1 N–H and O–H groups in total. The molecule has 14 heavy (non-hydrogen) atoms. The van der Waals surface area contributed by atoms with E-state index >= 15 is 0 Å². The minimum Gasteiger partial charge on any atom is -0.381 e. The van der Waals surface area contributed by atoms with E-state index in [-0.39, 0.29) is 0 Å². The molecule has 0 aliphatic heterocycles. The SMILES string of the molecule is CCCC(CCC)Nc1cccnc1. The van der Waals surface area contributed by atoms with Crippen molar-refractivity contribution in [2.75, 3.05) is 5.32 Å². The Bertz CT molecular complexity index is 227. The molecule has 1 aromatic heterocycles. The predicted molar refractivity (Wildman–Crippen MR) is 61.5 cm³/mol. The van der Waals surface area contributed by atoms with E-state index in [1.165, 1.54) is 25.7 Å². The lowest BCUT2D eigenvalue weighted by atomic mass is 10.1. The van der Waals surface area contributed by atoms with E-state index in [0.29, 0.717) is 6.04 Å². The minimum absolute atomic E-state index is 0.606. The summed E-state index contributed by atoms with van der Waals surface area (Å²) in [5, 5.41) is 3.52. The van der Waals surface area contributed by atoms with Gasteiger partial charge < -0.3 is 5.32 Å². The van der Waals surface area contributed by atoms with Crippen molar-refractivity contribution < 1.29 is 0 Å². The van der Waals surface area contributed by atoms with E-state index in [4.69, 9.17) is 0 Å². The van der Waals surface area contributed by atoms with Crippen LogP contribution in [-0.4, -0.2) is 11.0 Å². The van der Waals surface area contributed by atoms with Gasteiger partial charge in [0.2, 0.25) is 0 Å². The van der Waals surface area contributed by atoms with Crippen molar-refractivity contribution in [3.63, 3.8) is 0 Å². The summed E-state index contributed by atoms with van der Waals surface area (Å²) < 4.78 is 0. The third kappa shape index (κ3) is 3.77. The van der Waals surface area contributed by atoms with Gasteiger partial charge in [-0.25, -0.2) is 0 Å². The molecule has 0 radical (unpaired) electrons. The third-order valence-electron chi connectivity index (χ3n) is 2.31. The molecule has 0 aromatic carbocycles. The Hall–Kier alpha value is -1.05. The number of anilines is 1. The van der Waals surface area contributed by atoms with Crippen LogP contribution in [0.4, 0.5) is 5.69 Å². The molecule has 2 nitrogen and oxygen atoms in total. The van der Waals surface area contributed by atoms with E-state index in [1.807, 2.05) is 12.3 Å². The lowest BCUT2D eigenvalue weighted by Crippen LogP contribution is -2.18. The van der Waals surface area contributed by atoms with Gasteiger partial charge in [-0.3, -0.25) is 4.98 Å². The van der Waals surface area contributed by atoms with Crippen LogP contribution in [0.25, 0.3) is 0 Å². The quantitative estimate of drug-likeness (QED) is 0.746. The van der Waals surface area contributed by atoms with E-state index < -0.39 is 0 Å². The van der Waals surface area contributed by atoms with Crippen LogP contribution in [0.5, 0.6) is 0 Å². The Morgan fingerprint density at radius 1 is 1.29 bits per heavy atom. The van der Waals surface area contributed by atoms with E-state index in [2.05, 4.69) is 30.2 Å². The fourth-order valence-corrected chi connectivity index (χ4v) is 1.67. The van der Waals surface area contributed by atoms with Crippen LogP contribution in [0.2, 0.25) is 0 Å². The number of aromatic nitrogens is 1. The number of nitrogens with one attached hydrogen (secondary N) is 1. The van der Waals surface area contributed by atoms with Crippen molar-refractivity contribution in [2.45, 2.75) is 45.6 Å². The Morgan fingerprint density at radius 3 is 2.50 bits per heavy atom. The van der Waals surface area contributed by atoms with Crippen molar-refractivity contribution in [3.05, 3.63) is 24.5 Å². The Morgan fingerprint density at radius 2 is 2.00 bits per heavy atom. The van der Waals surface area contributed by atoms with Crippen molar-refractivity contribution in [3.8, 4) is 0 Å². The zero-order valence-electron chi connectivity index (χ0n) is 9.16. The topological polar surface area (TPSA) is 24.9 Å². The van der Waals surface area contributed by atoms with Crippen LogP contribution in [0.1, 0.15) is 39.5 Å². The highest BCUT2D eigenvalue weighted by molar-refractivity contribution is 5.40. The Kier molecular flexibility index (Phi) is 5.05. The maximum atomic E-state index is 4.10. The molecule has 2 heteroatoms. The standard InChI is InChI=1S/C12H20N2/c1-3-6-11(7-4-2)14-12-8-5-9-13-10-12/h5,8-11,14H,3-4,6-7H2,1-2H3. The van der Waals surface area contributed by atoms with Gasteiger partial charge >= 0.3 is 0 Å². The van der Waals surface area contributed by atoms with Crippen LogP contribution in [0, 0.1) is 0 Å². The second kappa shape index (κ2) is 6.41. The first-order valence-corrected chi connectivity index (χ1v) is 5.53. The summed E-state index contributed by atoms with van der Waals surface area (Å²) in [5.74, 6) is 0. The molecule has 1 heterocycles. The molecule has 78 valence electrons. The van der Waals surface area contributed by atoms with Gasteiger partial charge in [-0.05, 0) is 25.0 Å². The van der Waals surface area contributed by atoms with Gasteiger partial charge in [-0.1, -0.05) is 26.7 Å². The summed E-state index contributed by atoms with van der Waals surface area (Å²) in [5.41, 5.74) is 1.14. The molecular weight excluding hydrogens is 172 g/mol. The maximum absolute atomic E-state index is 4.10. The highest BCUT2D eigenvalue weighted by Crippen LogP contribution is 2.12. The zero-order chi connectivity index (χ0) is 10.2. The second-order valence-corrected chi connectivity index (χ2v) is 3.66. The summed E-state index contributed by atoms with van der Waals surface area (Å²) in [4.78, 5) is 4.10. The van der Waals surface area contributed by atoms with Gasteiger partial charge in [-0.2, -0.15) is 0 Å². The molecule has 0 fully saturated rings. The Balaban J connectivity index is 2.46. The molecular formula is C12H20N2. The summed E-state index contributed by atoms with van der Waals surface area (Å²) >= 11 is 0. The first-order chi connectivity index (χ1) is 6.86. The minimum atomic E-state index is 0.606. The second-order valence-electron chi connectivity index (χ2n) is 3.66. The first kappa shape index (κ1) is 11.0. The lowest BCUT2D eigenvalue weighted by molar-refractivity contribution is 0.586. The molecule has 1 rings (SSSR count). The molecule has 0 saturated carbocycles. The van der Waals surface area contributed by atoms with E-state index in [9.17, 15) is 0 Å². The predicted octanol–water partition coefficient (Wildman–Crippen LogP) is 3.46. The van der Waals surface area contributed by atoms with Gasteiger partial charge in [0.25, 0.3) is 0 Å². The lowest BCUT2D eigenvalue weighted by Gasteiger charge is -2.18. The molecule has 0 unspecified atom stereocenters. The summed E-state index contributed by atoms with van der Waals surface area (Å²) in [7, 11) is 0. The third-order valence-corrected chi connectivity index (χ3v) is 2.31. The molecule has 0 spiro atoms. The highest BCUT2D eigenvalue weighted by Gasteiger charge is 2.05. The van der Waals surface area contributed by atoms with Crippen molar-refractivity contribution in [2.24, 2.45) is 0 Å². The largest absolute Gasteiger partial charge is 0.381 e. The number of rotatable bonds is 6. The van der Waals surface area contributed by atoms with Gasteiger partial charge in [0.1, 0.15) is 0 Å². The Labute approximate surface area is 86.8 Å². The fourth-order valence-electron chi connectivity index (χ4n) is 1.67. The summed E-state index contributed by atoms with van der Waals surface area (Å²) in [6.07, 6.45) is 8.64. The molecule has 0 aliphatic carbocycles. The molecule has 0 amide bonds. The van der Waals surface area contributed by atoms with E-state index in [0.717, 1.165) is 5.69 Å². The first-order valence-electron chi connectivity index (χ1n) is 5.53. The molecule has 0 saturated heterocycles. The van der Waals surface area contributed by atoms with Crippen molar-refractivity contribution in [1.82, 2.24) is 4.98 Å². The van der Waals surface area contributed by atoms with Gasteiger partial charge in [0.15, 0.2) is 0 Å². The average Bonchev–Trinajstić information content (AvgIpc) is 2.20. The van der Waals surface area contributed by atoms with Crippen molar-refractivity contribution in [1.29, 1.82) is 0 Å². The number of pyridine rings is 1. The summed E-state index contributed by atoms with van der Waals surface area (Å²) in [6, 6.07) is 4.65. The fraction of sp³-hybridized carbons (Fsp3) is 0.583. The molecule has 0 atom stereocenters. The van der Waals surface area contributed by atoms with Crippen LogP contribution in [-0.2, 0) is 0 Å². The number of hydrogen-bond donors (Lipinski definition) is 1. The van der Waals surface area contributed by atoms with E-state index in [1.54, 1.807) is 6.20 Å². The smallest absolute Gasteiger partial charge is 0.0528 e. The van der Waals surface area contributed by atoms with Gasteiger partial charge in [0.05, 0.1) is 5.69 Å². The maximum Gasteiger partial charge on any atom is 0.0528 e. The van der Waals surface area contributed by atoms with Crippen LogP contribution in [0.15, 0.2) is 24.5 Å².